The van der Waals surface area contributed by atoms with Crippen LogP contribution in [0.25, 0.3) is 17.1 Å². The molecule has 0 aliphatic rings. The lowest BCUT2D eigenvalue weighted by Gasteiger charge is -2.12. The van der Waals surface area contributed by atoms with Gasteiger partial charge in [0.05, 0.1) is 5.69 Å². The monoisotopic (exact) mass is 447 g/mol. The van der Waals surface area contributed by atoms with E-state index in [1.807, 2.05) is 22.8 Å². The highest BCUT2D eigenvalue weighted by Gasteiger charge is 2.17. The number of halogens is 1. The van der Waals surface area contributed by atoms with E-state index in [1.54, 1.807) is 12.4 Å². The van der Waals surface area contributed by atoms with E-state index in [0.29, 0.717) is 22.4 Å². The molecule has 0 saturated heterocycles. The van der Waals surface area contributed by atoms with Gasteiger partial charge < -0.3 is 5.32 Å². The van der Waals surface area contributed by atoms with E-state index in [-0.39, 0.29) is 18.1 Å². The molecule has 8 heteroatoms. The number of benzene rings is 2. The summed E-state index contributed by atoms with van der Waals surface area (Å²) >= 11 is 1.46. The van der Waals surface area contributed by atoms with Crippen LogP contribution in [0.1, 0.15) is 17.5 Å². The largest absolute Gasteiger partial charge is 0.326 e. The Hall–Kier alpha value is -3.52. The van der Waals surface area contributed by atoms with Gasteiger partial charge in [-0.2, -0.15) is 0 Å². The fraction of sp³-hybridized carbons (Fsp3) is 0.167. The molecule has 2 aromatic heterocycles. The number of carbonyl (C=O) groups is 1. The molecule has 0 fully saturated rings. The summed E-state index contributed by atoms with van der Waals surface area (Å²) in [6.45, 7) is 4.15. The van der Waals surface area contributed by atoms with Gasteiger partial charge in [0.25, 0.3) is 0 Å². The highest BCUT2D eigenvalue weighted by Crippen LogP contribution is 2.29. The van der Waals surface area contributed by atoms with Gasteiger partial charge in [-0.25, -0.2) is 4.39 Å². The topological polar surface area (TPSA) is 72.7 Å². The Bertz CT molecular complexity index is 1230. The van der Waals surface area contributed by atoms with Crippen molar-refractivity contribution in [2.75, 3.05) is 11.1 Å². The Kier molecular flexibility index (Phi) is 6.61. The minimum absolute atomic E-state index is 0.143. The van der Waals surface area contributed by atoms with E-state index in [1.165, 1.54) is 47.2 Å². The molecule has 2 aromatic carbocycles. The van der Waals surface area contributed by atoms with E-state index in [0.717, 1.165) is 11.3 Å². The van der Waals surface area contributed by atoms with Gasteiger partial charge in [-0.15, -0.1) is 10.2 Å². The lowest BCUT2D eigenvalue weighted by molar-refractivity contribution is -0.115. The summed E-state index contributed by atoms with van der Waals surface area (Å²) < 4.78 is 15.0. The number of pyridine rings is 1. The van der Waals surface area contributed by atoms with E-state index in [2.05, 4.69) is 46.5 Å². The van der Waals surface area contributed by atoms with Gasteiger partial charge in [-0.3, -0.25) is 14.3 Å². The Balaban J connectivity index is 1.53. The quantitative estimate of drug-likeness (QED) is 0.394. The lowest BCUT2D eigenvalue weighted by atomic mass is 10.1. The van der Waals surface area contributed by atoms with Crippen molar-refractivity contribution in [2.24, 2.45) is 0 Å². The van der Waals surface area contributed by atoms with Crippen molar-refractivity contribution >= 4 is 23.4 Å². The summed E-state index contributed by atoms with van der Waals surface area (Å²) in [5.74, 6) is 0.755. The fourth-order valence-electron chi connectivity index (χ4n) is 3.14. The lowest BCUT2D eigenvalue weighted by Crippen LogP contribution is -2.12. The van der Waals surface area contributed by atoms with E-state index >= 15 is 0 Å². The number of anilines is 1. The van der Waals surface area contributed by atoms with Crippen LogP contribution in [0, 0.1) is 19.7 Å². The molecular formula is C24H22FN5OS. The summed E-state index contributed by atoms with van der Waals surface area (Å²) in [6.07, 6.45) is 3.73. The predicted molar refractivity (Wildman–Crippen MR) is 124 cm³/mol. The van der Waals surface area contributed by atoms with Gasteiger partial charge in [-0.05, 0) is 73.5 Å². The number of thioether (sulfide) groups is 1. The zero-order valence-electron chi connectivity index (χ0n) is 17.7. The normalized spacial score (nSPS) is 10.8. The molecule has 0 unspecified atom stereocenters. The molecule has 1 N–H and O–H groups in total. The first-order valence-electron chi connectivity index (χ1n) is 10.1. The highest BCUT2D eigenvalue weighted by molar-refractivity contribution is 7.99. The molecule has 0 atom stereocenters. The van der Waals surface area contributed by atoms with Crippen LogP contribution in [0.5, 0.6) is 0 Å². The van der Waals surface area contributed by atoms with Crippen molar-refractivity contribution < 1.29 is 9.18 Å². The molecule has 1 amide bonds. The third kappa shape index (κ3) is 5.03. The number of aryl methyl sites for hydroxylation is 2. The second-order valence-electron chi connectivity index (χ2n) is 7.30. The van der Waals surface area contributed by atoms with Crippen LogP contribution < -0.4 is 5.32 Å². The maximum absolute atomic E-state index is 13.0. The third-order valence-corrected chi connectivity index (χ3v) is 5.94. The Labute approximate surface area is 189 Å². The minimum Gasteiger partial charge on any atom is -0.326 e. The molecule has 6 nitrogen and oxygen atoms in total. The van der Waals surface area contributed by atoms with Crippen molar-refractivity contribution in [3.05, 3.63) is 83.9 Å². The molecule has 2 heterocycles. The number of hydrogen-bond donors (Lipinski definition) is 1. The first kappa shape index (κ1) is 21.7. The van der Waals surface area contributed by atoms with E-state index < -0.39 is 0 Å². The minimum atomic E-state index is -0.339. The SMILES string of the molecule is Cc1ccc(-n2c(SCCC(=O)Nc3ccc(F)cc3)nnc2-c2ccncc2)cc1C. The first-order chi connectivity index (χ1) is 15.5. The molecule has 0 bridgehead atoms. The fourth-order valence-corrected chi connectivity index (χ4v) is 4.03. The van der Waals surface area contributed by atoms with Crippen molar-refractivity contribution in [2.45, 2.75) is 25.4 Å². The van der Waals surface area contributed by atoms with Crippen LogP contribution in [0.4, 0.5) is 10.1 Å². The maximum atomic E-state index is 13.0. The van der Waals surface area contributed by atoms with Crippen LogP contribution in [-0.2, 0) is 4.79 Å². The number of carbonyl (C=O) groups excluding carboxylic acids is 1. The average molecular weight is 448 g/mol. The van der Waals surface area contributed by atoms with E-state index in [9.17, 15) is 9.18 Å². The van der Waals surface area contributed by atoms with Crippen LogP contribution in [0.2, 0.25) is 0 Å². The summed E-state index contributed by atoms with van der Waals surface area (Å²) in [4.78, 5) is 16.4. The van der Waals surface area contributed by atoms with E-state index in [4.69, 9.17) is 0 Å². The van der Waals surface area contributed by atoms with Gasteiger partial charge in [0.1, 0.15) is 5.82 Å². The van der Waals surface area contributed by atoms with Crippen LogP contribution in [0.15, 0.2) is 72.1 Å². The number of hydrogen-bond acceptors (Lipinski definition) is 5. The van der Waals surface area contributed by atoms with Crippen molar-refractivity contribution in [3.8, 4) is 17.1 Å². The number of nitrogens with one attached hydrogen (secondary N) is 1. The molecule has 4 rings (SSSR count). The predicted octanol–water partition coefficient (Wildman–Crippen LogP) is 5.21. The van der Waals surface area contributed by atoms with Crippen LogP contribution >= 0.6 is 11.8 Å². The summed E-state index contributed by atoms with van der Waals surface area (Å²) in [5, 5.41) is 12.3. The first-order valence-corrected chi connectivity index (χ1v) is 11.1. The maximum Gasteiger partial charge on any atom is 0.225 e. The molecule has 0 aliphatic carbocycles. The zero-order chi connectivity index (χ0) is 22.5. The number of nitrogens with zero attached hydrogens (tertiary/aromatic N) is 4. The molecule has 0 spiro atoms. The molecule has 4 aromatic rings. The van der Waals surface area contributed by atoms with Crippen molar-refractivity contribution in [3.63, 3.8) is 0 Å². The molecule has 0 aliphatic heterocycles. The molecule has 0 saturated carbocycles. The number of amides is 1. The standard InChI is InChI=1S/C24H22FN5OS/c1-16-3-8-21(15-17(16)2)30-23(18-9-12-26-13-10-18)28-29-24(30)32-14-11-22(31)27-20-6-4-19(25)5-7-20/h3-10,12-13,15H,11,14H2,1-2H3,(H,27,31). The third-order valence-electron chi connectivity index (χ3n) is 5.01. The molecule has 32 heavy (non-hydrogen) atoms. The Morgan fingerprint density at radius 3 is 2.47 bits per heavy atom. The highest BCUT2D eigenvalue weighted by atomic mass is 32.2. The molecular weight excluding hydrogens is 425 g/mol. The molecule has 0 radical (unpaired) electrons. The molecule has 162 valence electrons. The number of aromatic nitrogens is 4. The smallest absolute Gasteiger partial charge is 0.225 e. The van der Waals surface area contributed by atoms with Crippen LogP contribution in [-0.4, -0.2) is 31.4 Å². The Morgan fingerprint density at radius 2 is 1.75 bits per heavy atom. The van der Waals surface area contributed by atoms with Gasteiger partial charge >= 0.3 is 0 Å². The average Bonchev–Trinajstić information content (AvgIpc) is 3.22. The van der Waals surface area contributed by atoms with Crippen molar-refractivity contribution in [1.82, 2.24) is 19.7 Å². The summed E-state index contributed by atoms with van der Waals surface area (Å²) in [5.41, 5.74) is 4.82. The second-order valence-corrected chi connectivity index (χ2v) is 8.36. The summed E-state index contributed by atoms with van der Waals surface area (Å²) in [6, 6.07) is 15.7. The Morgan fingerprint density at radius 1 is 1.00 bits per heavy atom. The van der Waals surface area contributed by atoms with Gasteiger partial charge in [-0.1, -0.05) is 17.8 Å². The second kappa shape index (κ2) is 9.74. The number of rotatable bonds is 7. The van der Waals surface area contributed by atoms with Gasteiger partial charge in [0.15, 0.2) is 11.0 Å². The van der Waals surface area contributed by atoms with Crippen molar-refractivity contribution in [1.29, 1.82) is 0 Å². The van der Waals surface area contributed by atoms with Crippen LogP contribution in [0.3, 0.4) is 0 Å². The van der Waals surface area contributed by atoms with Gasteiger partial charge in [0, 0.05) is 35.8 Å². The zero-order valence-corrected chi connectivity index (χ0v) is 18.6. The van der Waals surface area contributed by atoms with Gasteiger partial charge in [0.2, 0.25) is 5.91 Å². The summed E-state index contributed by atoms with van der Waals surface area (Å²) in [7, 11) is 0.